The van der Waals surface area contributed by atoms with Gasteiger partial charge < -0.3 is 9.52 Å². The van der Waals surface area contributed by atoms with Gasteiger partial charge in [0.1, 0.15) is 5.76 Å². The highest BCUT2D eigenvalue weighted by molar-refractivity contribution is 7.98. The third-order valence-electron chi connectivity index (χ3n) is 2.15. The van der Waals surface area contributed by atoms with Crippen molar-refractivity contribution in [3.8, 4) is 0 Å². The molecule has 0 aliphatic carbocycles. The van der Waals surface area contributed by atoms with E-state index in [1.54, 1.807) is 24.1 Å². The van der Waals surface area contributed by atoms with Crippen LogP contribution in [0, 0.1) is 0 Å². The van der Waals surface area contributed by atoms with Gasteiger partial charge in [-0.2, -0.15) is 0 Å². The van der Waals surface area contributed by atoms with Crippen LogP contribution in [0.3, 0.4) is 0 Å². The van der Waals surface area contributed by atoms with Gasteiger partial charge in [0.15, 0.2) is 0 Å². The van der Waals surface area contributed by atoms with Crippen LogP contribution in [-0.2, 0) is 12.4 Å². The average molecular weight is 255 g/mol. The summed E-state index contributed by atoms with van der Waals surface area (Å²) in [6.45, 7) is 0.0255. The van der Waals surface area contributed by atoms with Crippen LogP contribution in [0.4, 0.5) is 0 Å². The van der Waals surface area contributed by atoms with E-state index in [4.69, 9.17) is 16.0 Å². The summed E-state index contributed by atoms with van der Waals surface area (Å²) in [5, 5.41) is 9.87. The molecule has 0 spiro atoms. The quantitative estimate of drug-likeness (QED) is 0.845. The minimum atomic E-state index is 0.0255. The number of rotatable bonds is 4. The molecule has 0 bridgehead atoms. The van der Waals surface area contributed by atoms with Crippen LogP contribution < -0.4 is 0 Å². The van der Waals surface area contributed by atoms with E-state index in [2.05, 4.69) is 0 Å². The molecule has 1 N–H and O–H groups in total. The molecule has 0 radical (unpaired) electrons. The second-order valence-corrected chi connectivity index (χ2v) is 4.73. The molecule has 0 aliphatic rings. The fourth-order valence-corrected chi connectivity index (χ4v) is 2.56. The lowest BCUT2D eigenvalue weighted by Crippen LogP contribution is -1.87. The zero-order valence-corrected chi connectivity index (χ0v) is 10.1. The number of hydrogen-bond acceptors (Lipinski definition) is 3. The first-order valence-electron chi connectivity index (χ1n) is 4.84. The summed E-state index contributed by atoms with van der Waals surface area (Å²) in [5.74, 6) is 1.65. The molecule has 0 saturated heterocycles. The van der Waals surface area contributed by atoms with Crippen molar-refractivity contribution in [3.63, 3.8) is 0 Å². The maximum Gasteiger partial charge on any atom is 0.113 e. The van der Waals surface area contributed by atoms with Gasteiger partial charge in [-0.05, 0) is 29.8 Å². The minimum absolute atomic E-state index is 0.0255. The second-order valence-electron chi connectivity index (χ2n) is 3.28. The van der Waals surface area contributed by atoms with E-state index in [9.17, 15) is 5.11 Å². The van der Waals surface area contributed by atoms with Crippen molar-refractivity contribution >= 4 is 23.4 Å². The lowest BCUT2D eigenvalue weighted by molar-refractivity contribution is 0.279. The van der Waals surface area contributed by atoms with Crippen LogP contribution in [-0.4, -0.2) is 5.11 Å². The number of halogens is 1. The zero-order valence-electron chi connectivity index (χ0n) is 8.52. The van der Waals surface area contributed by atoms with Crippen molar-refractivity contribution in [3.05, 3.63) is 52.9 Å². The first kappa shape index (κ1) is 11.6. The first-order chi connectivity index (χ1) is 7.79. The Kier molecular flexibility index (Phi) is 3.93. The van der Waals surface area contributed by atoms with Crippen molar-refractivity contribution < 1.29 is 9.52 Å². The van der Waals surface area contributed by atoms with Crippen LogP contribution in [0.15, 0.2) is 45.9 Å². The van der Waals surface area contributed by atoms with Crippen molar-refractivity contribution in [2.75, 3.05) is 0 Å². The monoisotopic (exact) mass is 254 g/mol. The van der Waals surface area contributed by atoms with Gasteiger partial charge in [0.05, 0.1) is 18.6 Å². The number of benzene rings is 1. The van der Waals surface area contributed by atoms with E-state index in [1.165, 1.54) is 0 Å². The summed E-state index contributed by atoms with van der Waals surface area (Å²) in [6.07, 6.45) is 1.65. The molecule has 2 nitrogen and oxygen atoms in total. The molecule has 16 heavy (non-hydrogen) atoms. The Morgan fingerprint density at radius 3 is 2.88 bits per heavy atom. The summed E-state index contributed by atoms with van der Waals surface area (Å²) in [6, 6.07) is 9.27. The summed E-state index contributed by atoms with van der Waals surface area (Å²) < 4.78 is 5.24. The van der Waals surface area contributed by atoms with Crippen LogP contribution in [0.1, 0.15) is 11.3 Å². The standard InChI is InChI=1S/C12H11ClO2S/c13-10-4-3-9(7-14)12(6-10)16-8-11-2-1-5-15-11/h1-6,14H,7-8H2. The molecule has 4 heteroatoms. The Hall–Kier alpha value is -0.900. The van der Waals surface area contributed by atoms with Gasteiger partial charge in [-0.25, -0.2) is 0 Å². The number of hydrogen-bond donors (Lipinski definition) is 1. The van der Waals surface area contributed by atoms with Gasteiger partial charge in [-0.15, -0.1) is 11.8 Å². The van der Waals surface area contributed by atoms with E-state index < -0.39 is 0 Å². The number of aliphatic hydroxyl groups is 1. The molecule has 0 saturated carbocycles. The number of thioether (sulfide) groups is 1. The molecular weight excluding hydrogens is 244 g/mol. The third kappa shape index (κ3) is 2.82. The molecule has 2 aromatic rings. The van der Waals surface area contributed by atoms with Gasteiger partial charge in [0.2, 0.25) is 0 Å². The van der Waals surface area contributed by atoms with E-state index in [-0.39, 0.29) is 6.61 Å². The summed E-state index contributed by atoms with van der Waals surface area (Å²) in [5.41, 5.74) is 0.890. The van der Waals surface area contributed by atoms with Gasteiger partial charge >= 0.3 is 0 Å². The maximum atomic E-state index is 9.19. The second kappa shape index (κ2) is 5.43. The molecule has 0 aliphatic heterocycles. The van der Waals surface area contributed by atoms with Gasteiger partial charge in [-0.3, -0.25) is 0 Å². The molecular formula is C12H11ClO2S. The molecule has 1 heterocycles. The Labute approximate surface area is 103 Å². The van der Waals surface area contributed by atoms with E-state index in [0.717, 1.165) is 22.0 Å². The summed E-state index contributed by atoms with van der Waals surface area (Å²) in [7, 11) is 0. The highest BCUT2D eigenvalue weighted by Gasteiger charge is 2.05. The van der Waals surface area contributed by atoms with Gasteiger partial charge in [-0.1, -0.05) is 17.7 Å². The SMILES string of the molecule is OCc1ccc(Cl)cc1SCc1ccco1. The average Bonchev–Trinajstić information content (AvgIpc) is 2.79. The lowest BCUT2D eigenvalue weighted by Gasteiger charge is -2.06. The molecule has 0 fully saturated rings. The van der Waals surface area contributed by atoms with Gasteiger partial charge in [0, 0.05) is 9.92 Å². The van der Waals surface area contributed by atoms with Crippen LogP contribution in [0.2, 0.25) is 5.02 Å². The van der Waals surface area contributed by atoms with Gasteiger partial charge in [0.25, 0.3) is 0 Å². The predicted octanol–water partition coefficient (Wildman–Crippen LogP) is 3.72. The third-order valence-corrected chi connectivity index (χ3v) is 3.50. The maximum absolute atomic E-state index is 9.19. The van der Waals surface area contributed by atoms with Crippen molar-refractivity contribution in [1.82, 2.24) is 0 Å². The van der Waals surface area contributed by atoms with E-state index >= 15 is 0 Å². The van der Waals surface area contributed by atoms with Crippen molar-refractivity contribution in [2.24, 2.45) is 0 Å². The Bertz CT molecular complexity index is 454. The van der Waals surface area contributed by atoms with Crippen LogP contribution in [0.5, 0.6) is 0 Å². The minimum Gasteiger partial charge on any atom is -0.468 e. The molecule has 1 aromatic carbocycles. The Morgan fingerprint density at radius 2 is 2.19 bits per heavy atom. The van der Waals surface area contributed by atoms with E-state index in [1.807, 2.05) is 24.3 Å². The predicted molar refractivity (Wildman–Crippen MR) is 65.6 cm³/mol. The van der Waals surface area contributed by atoms with Crippen molar-refractivity contribution in [2.45, 2.75) is 17.3 Å². The number of aliphatic hydroxyl groups excluding tert-OH is 1. The number of furan rings is 1. The molecule has 0 unspecified atom stereocenters. The zero-order chi connectivity index (χ0) is 11.4. The van der Waals surface area contributed by atoms with E-state index in [0.29, 0.717) is 5.02 Å². The lowest BCUT2D eigenvalue weighted by atomic mass is 10.2. The Morgan fingerprint density at radius 1 is 1.31 bits per heavy atom. The molecule has 84 valence electrons. The molecule has 0 amide bonds. The fraction of sp³-hybridized carbons (Fsp3) is 0.167. The smallest absolute Gasteiger partial charge is 0.113 e. The molecule has 1 aromatic heterocycles. The highest BCUT2D eigenvalue weighted by Crippen LogP contribution is 2.29. The highest BCUT2D eigenvalue weighted by atomic mass is 35.5. The Balaban J connectivity index is 2.11. The summed E-state index contributed by atoms with van der Waals surface area (Å²) >= 11 is 7.52. The summed E-state index contributed by atoms with van der Waals surface area (Å²) in [4.78, 5) is 0.992. The van der Waals surface area contributed by atoms with Crippen LogP contribution >= 0.6 is 23.4 Å². The normalized spacial score (nSPS) is 10.6. The topological polar surface area (TPSA) is 33.4 Å². The molecule has 0 atom stereocenters. The largest absolute Gasteiger partial charge is 0.468 e. The first-order valence-corrected chi connectivity index (χ1v) is 6.20. The van der Waals surface area contributed by atoms with Crippen LogP contribution in [0.25, 0.3) is 0 Å². The fourth-order valence-electron chi connectivity index (χ4n) is 1.34. The molecule has 2 rings (SSSR count). The van der Waals surface area contributed by atoms with Crippen molar-refractivity contribution in [1.29, 1.82) is 0 Å².